The van der Waals surface area contributed by atoms with Crippen LogP contribution in [0, 0.1) is 12.7 Å². The Morgan fingerprint density at radius 1 is 1.39 bits per heavy atom. The van der Waals surface area contributed by atoms with Gasteiger partial charge in [0, 0.05) is 31.9 Å². The van der Waals surface area contributed by atoms with Gasteiger partial charge in [-0.15, -0.1) is 0 Å². The standard InChI is InChI=1S/C11H15FN6/c1-7-8(5-16-18(7)3)4-14-10-9(12)6-15-11(13-2)17-10/h5-6H,4H2,1-3H3,(H2,13,14,15,17). The third kappa shape index (κ3) is 2.39. The third-order valence-electron chi connectivity index (χ3n) is 2.75. The molecule has 96 valence electrons. The lowest BCUT2D eigenvalue weighted by atomic mass is 10.2. The highest BCUT2D eigenvalue weighted by Gasteiger charge is 2.08. The van der Waals surface area contributed by atoms with E-state index in [0.29, 0.717) is 12.5 Å². The van der Waals surface area contributed by atoms with Crippen molar-refractivity contribution in [3.05, 3.63) is 29.5 Å². The Kier molecular flexibility index (Phi) is 3.40. The SMILES string of the molecule is CNc1ncc(F)c(NCc2cnn(C)c2C)n1. The van der Waals surface area contributed by atoms with Gasteiger partial charge in [-0.3, -0.25) is 4.68 Å². The maximum absolute atomic E-state index is 13.5. The summed E-state index contributed by atoms with van der Waals surface area (Å²) in [4.78, 5) is 7.79. The Bertz CT molecular complexity index is 550. The molecule has 18 heavy (non-hydrogen) atoms. The largest absolute Gasteiger partial charge is 0.363 e. The Labute approximate surface area is 104 Å². The van der Waals surface area contributed by atoms with Crippen LogP contribution in [0.3, 0.4) is 0 Å². The van der Waals surface area contributed by atoms with E-state index in [9.17, 15) is 4.39 Å². The highest BCUT2D eigenvalue weighted by atomic mass is 19.1. The van der Waals surface area contributed by atoms with Gasteiger partial charge in [-0.25, -0.2) is 9.37 Å². The number of nitrogens with zero attached hydrogens (tertiary/aromatic N) is 4. The number of rotatable bonds is 4. The van der Waals surface area contributed by atoms with Gasteiger partial charge < -0.3 is 10.6 Å². The molecule has 0 saturated heterocycles. The van der Waals surface area contributed by atoms with E-state index >= 15 is 0 Å². The van der Waals surface area contributed by atoms with Crippen molar-refractivity contribution in [2.45, 2.75) is 13.5 Å². The van der Waals surface area contributed by atoms with Gasteiger partial charge in [0.2, 0.25) is 5.95 Å². The molecule has 0 spiro atoms. The zero-order valence-corrected chi connectivity index (χ0v) is 10.5. The number of hydrogen-bond acceptors (Lipinski definition) is 5. The molecule has 0 atom stereocenters. The summed E-state index contributed by atoms with van der Waals surface area (Å²) in [7, 11) is 3.55. The van der Waals surface area contributed by atoms with Crippen LogP contribution in [-0.2, 0) is 13.6 Å². The van der Waals surface area contributed by atoms with Crippen LogP contribution in [0.4, 0.5) is 16.2 Å². The normalized spacial score (nSPS) is 10.4. The molecule has 2 aromatic heterocycles. The maximum atomic E-state index is 13.5. The van der Waals surface area contributed by atoms with Crippen molar-refractivity contribution in [3.63, 3.8) is 0 Å². The van der Waals surface area contributed by atoms with E-state index in [4.69, 9.17) is 0 Å². The van der Waals surface area contributed by atoms with Crippen LogP contribution in [0.5, 0.6) is 0 Å². The topological polar surface area (TPSA) is 67.7 Å². The summed E-state index contributed by atoms with van der Waals surface area (Å²) in [5.41, 5.74) is 2.03. The first-order valence-electron chi connectivity index (χ1n) is 5.53. The molecule has 0 unspecified atom stereocenters. The van der Waals surface area contributed by atoms with E-state index in [1.165, 1.54) is 0 Å². The Balaban J connectivity index is 2.12. The second kappa shape index (κ2) is 4.99. The number of nitrogens with one attached hydrogen (secondary N) is 2. The molecule has 6 nitrogen and oxygen atoms in total. The zero-order valence-electron chi connectivity index (χ0n) is 10.5. The van der Waals surface area contributed by atoms with E-state index in [2.05, 4.69) is 25.7 Å². The number of anilines is 2. The van der Waals surface area contributed by atoms with E-state index in [-0.39, 0.29) is 5.82 Å². The number of aromatic nitrogens is 4. The molecule has 2 N–H and O–H groups in total. The zero-order chi connectivity index (χ0) is 13.1. The summed E-state index contributed by atoms with van der Waals surface area (Å²) in [6, 6.07) is 0. The summed E-state index contributed by atoms with van der Waals surface area (Å²) in [5, 5.41) is 9.82. The van der Waals surface area contributed by atoms with Crippen molar-refractivity contribution in [3.8, 4) is 0 Å². The van der Waals surface area contributed by atoms with Crippen LogP contribution < -0.4 is 10.6 Å². The van der Waals surface area contributed by atoms with Crippen molar-refractivity contribution >= 4 is 11.8 Å². The predicted molar refractivity (Wildman–Crippen MR) is 66.8 cm³/mol. The molecule has 0 amide bonds. The van der Waals surface area contributed by atoms with Crippen LogP contribution in [0.2, 0.25) is 0 Å². The van der Waals surface area contributed by atoms with Crippen LogP contribution in [0.25, 0.3) is 0 Å². The second-order valence-electron chi connectivity index (χ2n) is 3.87. The molecular weight excluding hydrogens is 235 g/mol. The Morgan fingerprint density at radius 2 is 2.17 bits per heavy atom. The molecule has 0 aromatic carbocycles. The Morgan fingerprint density at radius 3 is 2.78 bits per heavy atom. The molecule has 0 saturated carbocycles. The highest BCUT2D eigenvalue weighted by Crippen LogP contribution is 2.14. The van der Waals surface area contributed by atoms with Crippen LogP contribution >= 0.6 is 0 Å². The molecule has 2 rings (SSSR count). The van der Waals surface area contributed by atoms with Crippen molar-refractivity contribution in [1.29, 1.82) is 0 Å². The molecule has 0 radical (unpaired) electrons. The first-order chi connectivity index (χ1) is 8.61. The van der Waals surface area contributed by atoms with Crippen molar-refractivity contribution in [2.24, 2.45) is 7.05 Å². The lowest BCUT2D eigenvalue weighted by molar-refractivity contribution is 0.617. The minimum atomic E-state index is -0.476. The van der Waals surface area contributed by atoms with Gasteiger partial charge in [-0.2, -0.15) is 10.1 Å². The monoisotopic (exact) mass is 250 g/mol. The molecule has 2 aromatic rings. The van der Waals surface area contributed by atoms with Crippen molar-refractivity contribution < 1.29 is 4.39 Å². The predicted octanol–water partition coefficient (Wildman–Crippen LogP) is 1.31. The average molecular weight is 250 g/mol. The third-order valence-corrected chi connectivity index (χ3v) is 2.75. The fourth-order valence-electron chi connectivity index (χ4n) is 1.51. The number of aryl methyl sites for hydroxylation is 1. The van der Waals surface area contributed by atoms with Crippen LogP contribution in [0.1, 0.15) is 11.3 Å². The number of hydrogen-bond donors (Lipinski definition) is 2. The van der Waals surface area contributed by atoms with E-state index in [0.717, 1.165) is 17.5 Å². The first-order valence-corrected chi connectivity index (χ1v) is 5.53. The van der Waals surface area contributed by atoms with E-state index in [1.807, 2.05) is 14.0 Å². The lowest BCUT2D eigenvalue weighted by Crippen LogP contribution is -2.07. The first kappa shape index (κ1) is 12.3. The fraction of sp³-hybridized carbons (Fsp3) is 0.364. The maximum Gasteiger partial charge on any atom is 0.224 e. The van der Waals surface area contributed by atoms with Gasteiger partial charge in [-0.1, -0.05) is 0 Å². The van der Waals surface area contributed by atoms with Crippen LogP contribution in [0.15, 0.2) is 12.4 Å². The molecule has 0 aliphatic carbocycles. The van der Waals surface area contributed by atoms with Crippen LogP contribution in [-0.4, -0.2) is 26.8 Å². The molecule has 2 heterocycles. The van der Waals surface area contributed by atoms with Crippen molar-refractivity contribution in [1.82, 2.24) is 19.7 Å². The molecule has 7 heteroatoms. The fourth-order valence-corrected chi connectivity index (χ4v) is 1.51. The molecular formula is C11H15FN6. The van der Waals surface area contributed by atoms with Gasteiger partial charge >= 0.3 is 0 Å². The van der Waals surface area contributed by atoms with E-state index in [1.54, 1.807) is 17.9 Å². The highest BCUT2D eigenvalue weighted by molar-refractivity contribution is 5.41. The molecule has 0 bridgehead atoms. The summed E-state index contributed by atoms with van der Waals surface area (Å²) < 4.78 is 15.2. The lowest BCUT2D eigenvalue weighted by Gasteiger charge is -2.07. The van der Waals surface area contributed by atoms with Gasteiger partial charge in [0.05, 0.1) is 12.4 Å². The van der Waals surface area contributed by atoms with E-state index < -0.39 is 5.82 Å². The molecule has 0 aliphatic heterocycles. The second-order valence-corrected chi connectivity index (χ2v) is 3.87. The molecule has 0 fully saturated rings. The smallest absolute Gasteiger partial charge is 0.224 e. The summed E-state index contributed by atoms with van der Waals surface area (Å²) in [6.07, 6.45) is 2.89. The summed E-state index contributed by atoms with van der Waals surface area (Å²) in [5.74, 6) is 0.0787. The average Bonchev–Trinajstić information content (AvgIpc) is 2.69. The summed E-state index contributed by atoms with van der Waals surface area (Å²) in [6.45, 7) is 2.43. The molecule has 0 aliphatic rings. The minimum absolute atomic E-state index is 0.178. The van der Waals surface area contributed by atoms with Crippen molar-refractivity contribution in [2.75, 3.05) is 17.7 Å². The van der Waals surface area contributed by atoms with Gasteiger partial charge in [-0.05, 0) is 6.92 Å². The van der Waals surface area contributed by atoms with Gasteiger partial charge in [0.1, 0.15) is 0 Å². The Hall–Kier alpha value is -2.18. The van der Waals surface area contributed by atoms with Gasteiger partial charge in [0.25, 0.3) is 0 Å². The quantitative estimate of drug-likeness (QED) is 0.856. The van der Waals surface area contributed by atoms with Gasteiger partial charge in [0.15, 0.2) is 11.6 Å². The minimum Gasteiger partial charge on any atom is -0.363 e. The summed E-state index contributed by atoms with van der Waals surface area (Å²) >= 11 is 0. The number of halogens is 1.